The summed E-state index contributed by atoms with van der Waals surface area (Å²) in [5, 5.41) is 1.41. The van der Waals surface area contributed by atoms with Crippen molar-refractivity contribution in [1.82, 2.24) is 0 Å². The van der Waals surface area contributed by atoms with Crippen molar-refractivity contribution in [3.05, 3.63) is 0 Å². The van der Waals surface area contributed by atoms with Crippen LogP contribution in [0.1, 0.15) is 20.8 Å². The monoisotopic (exact) mass is 227 g/mol. The first kappa shape index (κ1) is 11.1. The Bertz CT molecular complexity index is 29.3. The molecule has 0 aliphatic rings. The van der Waals surface area contributed by atoms with Crippen LogP contribution in [0, 0.1) is 0 Å². The van der Waals surface area contributed by atoms with Crippen molar-refractivity contribution in [3.8, 4) is 0 Å². The molecule has 0 amide bonds. The lowest BCUT2D eigenvalue weighted by molar-refractivity contribution is 1.05. The van der Waals surface area contributed by atoms with Crippen LogP contribution in [-0.4, -0.2) is 15.2 Å². The van der Waals surface area contributed by atoms with Gasteiger partial charge >= 0.3 is 0 Å². The molecule has 0 aliphatic carbocycles. The molecule has 0 aromatic rings. The molecule has 0 fully saturated rings. The topological polar surface area (TPSA) is 0 Å². The van der Waals surface area contributed by atoms with Crippen molar-refractivity contribution in [3.63, 3.8) is 0 Å². The van der Waals surface area contributed by atoms with Crippen molar-refractivity contribution in [2.75, 3.05) is 0 Å². The van der Waals surface area contributed by atoms with E-state index in [1.807, 2.05) is 0 Å². The Labute approximate surface area is 69.8 Å². The van der Waals surface area contributed by atoms with Gasteiger partial charge in [0.15, 0.2) is 0 Å². The van der Waals surface area contributed by atoms with Crippen molar-refractivity contribution < 1.29 is 0 Å². The molecule has 2 heteroatoms. The van der Waals surface area contributed by atoms with E-state index < -0.39 is 0 Å². The number of hydrogen-bond donors (Lipinski definition) is 0. The lowest BCUT2D eigenvalue weighted by Gasteiger charge is -1.92. The zero-order valence-electron chi connectivity index (χ0n) is 5.27. The van der Waals surface area contributed by atoms with Gasteiger partial charge in [-0.3, -0.25) is 0 Å². The van der Waals surface area contributed by atoms with Gasteiger partial charge in [-0.05, 0) is 0 Å². The van der Waals surface area contributed by atoms with Crippen LogP contribution in [0.4, 0.5) is 0 Å². The highest BCUT2D eigenvalue weighted by Gasteiger charge is 1.90. The first-order valence-electron chi connectivity index (χ1n) is 2.60. The van der Waals surface area contributed by atoms with Crippen molar-refractivity contribution in [2.24, 2.45) is 0 Å². The van der Waals surface area contributed by atoms with Gasteiger partial charge in [-0.1, -0.05) is 25.6 Å². The fourth-order valence-electron chi connectivity index (χ4n) is 0.471. The highest BCUT2D eigenvalue weighted by Crippen LogP contribution is 1.97. The Balaban J connectivity index is 0. The average molecular weight is 227 g/mol. The van der Waals surface area contributed by atoms with Crippen LogP contribution in [0.5, 0.6) is 0 Å². The molecule has 0 unspecified atom stereocenters. The van der Waals surface area contributed by atoms with E-state index in [0.29, 0.717) is 0 Å². The van der Waals surface area contributed by atoms with Crippen LogP contribution in [0.3, 0.4) is 0 Å². The van der Waals surface area contributed by atoms with E-state index in [1.54, 1.807) is 0 Å². The van der Waals surface area contributed by atoms with Crippen LogP contribution in [0.2, 0.25) is 10.1 Å². The largest absolute Gasteiger partial charge is 0.203 e. The molecule has 0 bridgehead atoms. The summed E-state index contributed by atoms with van der Waals surface area (Å²) in [6, 6.07) is 0. The van der Waals surface area contributed by atoms with E-state index in [9.17, 15) is 0 Å². The first-order chi connectivity index (χ1) is 2.77. The van der Waals surface area contributed by atoms with Crippen LogP contribution >= 0.6 is 24.0 Å². The van der Waals surface area contributed by atoms with Gasteiger partial charge in [0, 0.05) is 0 Å². The predicted molar refractivity (Wildman–Crippen MR) is 46.7 cm³/mol. The fourth-order valence-corrected chi connectivity index (χ4v) is 1.41. The molecule has 0 aromatic heterocycles. The predicted octanol–water partition coefficient (Wildman–Crippen LogP) is 2.58. The minimum absolute atomic E-state index is 0. The van der Waals surface area contributed by atoms with Gasteiger partial charge in [-0.2, -0.15) is 0 Å². The van der Waals surface area contributed by atoms with E-state index in [4.69, 9.17) is 0 Å². The third-order valence-corrected chi connectivity index (χ3v) is 2.12. The van der Waals surface area contributed by atoms with Gasteiger partial charge in [0.25, 0.3) is 0 Å². The summed E-state index contributed by atoms with van der Waals surface area (Å²) < 4.78 is 0.981. The molecule has 1 radical (unpaired) electrons. The molecule has 0 aromatic carbocycles. The first-order valence-corrected chi connectivity index (χ1v) is 4.09. The molecule has 0 aliphatic heterocycles. The molecule has 0 atom stereocenters. The smallest absolute Gasteiger partial charge is 0.107 e. The Morgan fingerprint density at radius 3 is 1.86 bits per heavy atom. The maximum atomic E-state index is 2.29. The van der Waals surface area contributed by atoms with E-state index in [0.717, 1.165) is 20.0 Å². The Kier molecular flexibility index (Phi) is 11.5. The summed E-state index contributed by atoms with van der Waals surface area (Å²) in [6.45, 7) is 6.84. The molecule has 0 spiro atoms. The van der Waals surface area contributed by atoms with Gasteiger partial charge in [-0.15, -0.1) is 29.3 Å². The maximum absolute atomic E-state index is 2.29. The molecule has 0 saturated carbocycles. The average Bonchev–Trinajstić information content (AvgIpc) is 1.35. The molecular weight excluding hydrogens is 214 g/mol. The Hall–Kier alpha value is 1.26. The lowest BCUT2D eigenvalue weighted by atomic mass is 10.6. The second kappa shape index (κ2) is 7.26. The zero-order chi connectivity index (χ0) is 4.99. The molecule has 0 N–H and O–H groups in total. The van der Waals surface area contributed by atoms with E-state index in [2.05, 4.69) is 20.8 Å². The van der Waals surface area contributed by atoms with Crippen LogP contribution in [0.15, 0.2) is 0 Å². The molecule has 7 heavy (non-hydrogen) atoms. The molecule has 0 nitrogen and oxygen atoms in total. The Morgan fingerprint density at radius 2 is 1.86 bits per heavy atom. The van der Waals surface area contributed by atoms with Gasteiger partial charge in [0.1, 0.15) is 0 Å². The summed E-state index contributed by atoms with van der Waals surface area (Å²) in [6.07, 6.45) is 0. The quantitative estimate of drug-likeness (QED) is 0.502. The number of rotatable bonds is 2. The molecule has 0 saturated heterocycles. The summed E-state index contributed by atoms with van der Waals surface area (Å²) in [4.78, 5) is 0. The summed E-state index contributed by atoms with van der Waals surface area (Å²) >= 11 is 0.764. The van der Waals surface area contributed by atoms with Gasteiger partial charge < -0.3 is 0 Å². The Morgan fingerprint density at radius 1 is 1.43 bits per heavy atom. The minimum Gasteiger partial charge on any atom is -0.107 e. The normalized spacial score (nSPS) is 8.00. The van der Waals surface area contributed by atoms with Crippen LogP contribution in [-0.2, 0) is 0 Å². The number of halogens is 1. The zero-order valence-corrected chi connectivity index (χ0v) is 8.76. The number of hydrogen-bond acceptors (Lipinski definition) is 0. The standard InChI is InChI=1S/C3H7.C2H5.Al.HI/c1-3-2;1-2;;/h3H,1-2H3;1H2,2H3;;1H. The van der Waals surface area contributed by atoms with Gasteiger partial charge in [0.05, 0.1) is 0 Å². The summed E-state index contributed by atoms with van der Waals surface area (Å²) in [7, 11) is 0. The SMILES string of the molecule is C[CH2][Al][CH](C)C.I. The highest BCUT2D eigenvalue weighted by molar-refractivity contribution is 14.0. The second-order valence-corrected chi connectivity index (χ2v) is 4.51. The summed E-state index contributed by atoms with van der Waals surface area (Å²) in [5.74, 6) is 0. The summed E-state index contributed by atoms with van der Waals surface area (Å²) in [5.41, 5.74) is 0. The minimum atomic E-state index is 0. The third-order valence-electron chi connectivity index (χ3n) is 0.707. The van der Waals surface area contributed by atoms with E-state index >= 15 is 0 Å². The fraction of sp³-hybridized carbons (Fsp3) is 1.00. The molecular formula is C5H13AlI. The van der Waals surface area contributed by atoms with Gasteiger partial charge in [0.2, 0.25) is 15.2 Å². The van der Waals surface area contributed by atoms with Crippen LogP contribution in [0.25, 0.3) is 0 Å². The lowest BCUT2D eigenvalue weighted by Crippen LogP contribution is -1.89. The molecule has 0 heterocycles. The van der Waals surface area contributed by atoms with E-state index in [1.165, 1.54) is 5.28 Å². The maximum Gasteiger partial charge on any atom is 0.203 e. The molecule has 43 valence electrons. The van der Waals surface area contributed by atoms with Gasteiger partial charge in [-0.25, -0.2) is 0 Å². The van der Waals surface area contributed by atoms with Crippen molar-refractivity contribution in [2.45, 2.75) is 30.8 Å². The molecule has 0 rings (SSSR count). The highest BCUT2D eigenvalue weighted by atomic mass is 127. The van der Waals surface area contributed by atoms with Crippen LogP contribution < -0.4 is 0 Å². The van der Waals surface area contributed by atoms with Crippen molar-refractivity contribution in [1.29, 1.82) is 0 Å². The van der Waals surface area contributed by atoms with E-state index in [-0.39, 0.29) is 24.0 Å². The third kappa shape index (κ3) is 11.1. The second-order valence-electron chi connectivity index (χ2n) is 1.89. The van der Waals surface area contributed by atoms with Crippen molar-refractivity contribution >= 4 is 39.2 Å².